The third kappa shape index (κ3) is 8.05. The van der Waals surface area contributed by atoms with E-state index in [9.17, 15) is 9.59 Å². The quantitative estimate of drug-likeness (QED) is 0.519. The van der Waals surface area contributed by atoms with Crippen molar-refractivity contribution in [2.24, 2.45) is 0 Å². The lowest BCUT2D eigenvalue weighted by Crippen LogP contribution is -2.43. The number of piperazine rings is 1. The fourth-order valence-corrected chi connectivity index (χ4v) is 4.40. The van der Waals surface area contributed by atoms with Crippen LogP contribution < -0.4 is 5.32 Å². The number of unbranched alkanes of at least 4 members (excludes halogenated alkanes) is 2. The number of amides is 1. The van der Waals surface area contributed by atoms with Gasteiger partial charge in [-0.1, -0.05) is 30.7 Å². The van der Waals surface area contributed by atoms with E-state index in [1.807, 2.05) is 5.38 Å². The minimum Gasteiger partial charge on any atom is -0.481 e. The molecule has 7 nitrogen and oxygen atoms in total. The second-order valence-corrected chi connectivity index (χ2v) is 9.01. The zero-order valence-electron chi connectivity index (χ0n) is 18.2. The summed E-state index contributed by atoms with van der Waals surface area (Å²) in [7, 11) is 2.17. The molecule has 1 saturated heterocycles. The summed E-state index contributed by atoms with van der Waals surface area (Å²) < 4.78 is 0. The fraction of sp³-hybridized carbons (Fsp3) is 0.522. The molecule has 1 amide bonds. The lowest BCUT2D eigenvalue weighted by Gasteiger charge is -2.32. The fourth-order valence-electron chi connectivity index (χ4n) is 3.57. The summed E-state index contributed by atoms with van der Waals surface area (Å²) in [5.41, 5.74) is 3.18. The number of carbonyl (C=O) groups is 2. The van der Waals surface area contributed by atoms with Gasteiger partial charge in [0.15, 0.2) is 0 Å². The molecule has 1 aromatic heterocycles. The first-order valence-electron chi connectivity index (χ1n) is 10.9. The first kappa shape index (κ1) is 23.4. The number of nitrogens with one attached hydrogen (secondary N) is 1. The van der Waals surface area contributed by atoms with Gasteiger partial charge in [-0.25, -0.2) is 4.98 Å². The Bertz CT molecular complexity index is 845. The number of thiazole rings is 1. The molecule has 2 N–H and O–H groups in total. The van der Waals surface area contributed by atoms with Crippen LogP contribution in [0, 0.1) is 0 Å². The maximum Gasteiger partial charge on any atom is 0.303 e. The van der Waals surface area contributed by atoms with Crippen LogP contribution in [0.5, 0.6) is 0 Å². The van der Waals surface area contributed by atoms with Crippen LogP contribution in [0.15, 0.2) is 29.6 Å². The molecular formula is C23H32N4O3S. The van der Waals surface area contributed by atoms with Gasteiger partial charge in [0, 0.05) is 56.6 Å². The maximum atomic E-state index is 12.1. The van der Waals surface area contributed by atoms with Crippen molar-refractivity contribution in [2.75, 3.05) is 39.8 Å². The number of carboxylic acid groups (broad SMARTS) is 1. The molecule has 0 aliphatic carbocycles. The molecule has 0 atom stereocenters. The molecule has 0 spiro atoms. The standard InChI is InChI=1S/C23H32N4O3S/c1-26-11-13-27(14-12-26)16-18-6-8-19(9-7-18)23-25-20(17-31-23)15-21(28)24-10-4-2-3-5-22(29)30/h6-9,17H,2-5,10-16H2,1H3,(H,24,28)(H,29,30). The molecule has 1 fully saturated rings. The van der Waals surface area contributed by atoms with Gasteiger partial charge in [0.25, 0.3) is 0 Å². The number of likely N-dealkylation sites (N-methyl/N-ethyl adjacent to an activating group) is 1. The van der Waals surface area contributed by atoms with Crippen molar-refractivity contribution < 1.29 is 14.7 Å². The van der Waals surface area contributed by atoms with Gasteiger partial charge < -0.3 is 15.3 Å². The third-order valence-electron chi connectivity index (χ3n) is 5.49. The van der Waals surface area contributed by atoms with Crippen molar-refractivity contribution in [2.45, 2.75) is 38.6 Å². The van der Waals surface area contributed by atoms with E-state index in [-0.39, 0.29) is 18.7 Å². The van der Waals surface area contributed by atoms with Crippen LogP contribution in [-0.2, 0) is 22.6 Å². The summed E-state index contributed by atoms with van der Waals surface area (Å²) in [5, 5.41) is 14.4. The van der Waals surface area contributed by atoms with E-state index in [1.54, 1.807) is 11.3 Å². The molecule has 0 bridgehead atoms. The van der Waals surface area contributed by atoms with Crippen molar-refractivity contribution >= 4 is 23.2 Å². The van der Waals surface area contributed by atoms with E-state index in [0.29, 0.717) is 13.0 Å². The minimum absolute atomic E-state index is 0.0439. The van der Waals surface area contributed by atoms with Crippen LogP contribution >= 0.6 is 11.3 Å². The van der Waals surface area contributed by atoms with Crippen LogP contribution in [0.3, 0.4) is 0 Å². The van der Waals surface area contributed by atoms with Gasteiger partial charge >= 0.3 is 5.97 Å². The van der Waals surface area contributed by atoms with Gasteiger partial charge in [-0.2, -0.15) is 0 Å². The average Bonchev–Trinajstić information content (AvgIpc) is 3.21. The number of hydrogen-bond acceptors (Lipinski definition) is 6. The lowest BCUT2D eigenvalue weighted by atomic mass is 10.1. The monoisotopic (exact) mass is 444 g/mol. The van der Waals surface area contributed by atoms with Crippen LogP contribution in [0.4, 0.5) is 0 Å². The molecule has 1 aliphatic rings. The summed E-state index contributed by atoms with van der Waals surface area (Å²) in [6.07, 6.45) is 2.70. The Morgan fingerprint density at radius 3 is 2.55 bits per heavy atom. The van der Waals surface area contributed by atoms with E-state index < -0.39 is 5.97 Å². The first-order chi connectivity index (χ1) is 15.0. The van der Waals surface area contributed by atoms with E-state index in [4.69, 9.17) is 5.11 Å². The van der Waals surface area contributed by atoms with Gasteiger partial charge in [-0.3, -0.25) is 14.5 Å². The number of benzene rings is 1. The zero-order valence-corrected chi connectivity index (χ0v) is 19.0. The van der Waals surface area contributed by atoms with E-state index in [2.05, 4.69) is 51.4 Å². The van der Waals surface area contributed by atoms with Crippen molar-refractivity contribution in [3.8, 4) is 10.6 Å². The molecule has 1 aromatic carbocycles. The highest BCUT2D eigenvalue weighted by Gasteiger charge is 2.14. The van der Waals surface area contributed by atoms with Gasteiger partial charge in [-0.05, 0) is 25.5 Å². The molecule has 31 heavy (non-hydrogen) atoms. The molecule has 0 unspecified atom stereocenters. The largest absolute Gasteiger partial charge is 0.481 e. The Hall–Kier alpha value is -2.29. The van der Waals surface area contributed by atoms with Gasteiger partial charge in [0.2, 0.25) is 5.91 Å². The summed E-state index contributed by atoms with van der Waals surface area (Å²) in [5.74, 6) is -0.814. The summed E-state index contributed by atoms with van der Waals surface area (Å²) in [6.45, 7) is 6.02. The Morgan fingerprint density at radius 1 is 1.10 bits per heavy atom. The molecule has 2 heterocycles. The highest BCUT2D eigenvalue weighted by atomic mass is 32.1. The van der Waals surface area contributed by atoms with Gasteiger partial charge in [-0.15, -0.1) is 11.3 Å². The summed E-state index contributed by atoms with van der Waals surface area (Å²) in [4.78, 5) is 32.1. The molecule has 0 saturated carbocycles. The number of carbonyl (C=O) groups excluding carboxylic acids is 1. The topological polar surface area (TPSA) is 85.8 Å². The molecule has 168 valence electrons. The molecular weight excluding hydrogens is 412 g/mol. The molecule has 1 aliphatic heterocycles. The van der Waals surface area contributed by atoms with Gasteiger partial charge in [0.05, 0.1) is 12.1 Å². The lowest BCUT2D eigenvalue weighted by molar-refractivity contribution is -0.137. The number of carboxylic acids is 1. The van der Waals surface area contributed by atoms with E-state index in [1.165, 1.54) is 5.56 Å². The van der Waals surface area contributed by atoms with Crippen molar-refractivity contribution in [1.82, 2.24) is 20.1 Å². The first-order valence-corrected chi connectivity index (χ1v) is 11.8. The molecule has 0 radical (unpaired) electrons. The summed E-state index contributed by atoms with van der Waals surface area (Å²) in [6, 6.07) is 8.58. The third-order valence-corrected chi connectivity index (χ3v) is 6.43. The van der Waals surface area contributed by atoms with Crippen molar-refractivity contribution in [3.05, 3.63) is 40.9 Å². The Morgan fingerprint density at radius 2 is 1.84 bits per heavy atom. The predicted octanol–water partition coefficient (Wildman–Crippen LogP) is 2.86. The van der Waals surface area contributed by atoms with Crippen molar-refractivity contribution in [1.29, 1.82) is 0 Å². The van der Waals surface area contributed by atoms with E-state index >= 15 is 0 Å². The van der Waals surface area contributed by atoms with Gasteiger partial charge in [0.1, 0.15) is 5.01 Å². The summed E-state index contributed by atoms with van der Waals surface area (Å²) >= 11 is 1.56. The second-order valence-electron chi connectivity index (χ2n) is 8.15. The number of aliphatic carboxylic acids is 1. The number of nitrogens with zero attached hydrogens (tertiary/aromatic N) is 3. The Labute approximate surface area is 188 Å². The van der Waals surface area contributed by atoms with Crippen LogP contribution in [0.1, 0.15) is 36.9 Å². The minimum atomic E-state index is -0.770. The molecule has 8 heteroatoms. The second kappa shape index (κ2) is 11.9. The number of hydrogen-bond donors (Lipinski definition) is 2. The highest BCUT2D eigenvalue weighted by molar-refractivity contribution is 7.13. The molecule has 3 rings (SSSR count). The molecule has 2 aromatic rings. The van der Waals surface area contributed by atoms with Crippen LogP contribution in [0.25, 0.3) is 10.6 Å². The van der Waals surface area contributed by atoms with Crippen molar-refractivity contribution in [3.63, 3.8) is 0 Å². The smallest absolute Gasteiger partial charge is 0.303 e. The van der Waals surface area contributed by atoms with Crippen LogP contribution in [-0.4, -0.2) is 71.5 Å². The number of rotatable bonds is 11. The Kier molecular flexibility index (Phi) is 8.99. The van der Waals surface area contributed by atoms with E-state index in [0.717, 1.165) is 61.8 Å². The maximum absolute atomic E-state index is 12.1. The highest BCUT2D eigenvalue weighted by Crippen LogP contribution is 2.24. The predicted molar refractivity (Wildman–Crippen MR) is 123 cm³/mol. The average molecular weight is 445 g/mol. The SMILES string of the molecule is CN1CCN(Cc2ccc(-c3nc(CC(=O)NCCCCCC(=O)O)cs3)cc2)CC1. The zero-order chi connectivity index (χ0) is 22.1. The van der Waals surface area contributed by atoms with Crippen LogP contribution in [0.2, 0.25) is 0 Å². The number of aromatic nitrogens is 1. The normalized spacial score (nSPS) is 15.1. The Balaban J connectivity index is 1.41.